The molecule has 0 aromatic heterocycles. The maximum atomic E-state index is 12.4. The van der Waals surface area contributed by atoms with Gasteiger partial charge in [0.05, 0.1) is 15.3 Å². The van der Waals surface area contributed by atoms with Crippen LogP contribution in [0.15, 0.2) is 66.4 Å². The molecule has 0 unspecified atom stereocenters. The van der Waals surface area contributed by atoms with E-state index in [-0.39, 0.29) is 123 Å². The third-order valence-corrected chi connectivity index (χ3v) is 6.62. The zero-order chi connectivity index (χ0) is 48.8. The second kappa shape index (κ2) is 48.7. The zero-order valence-electron chi connectivity index (χ0n) is 35.0. The van der Waals surface area contributed by atoms with Crippen LogP contribution in [-0.2, 0) is 51.2 Å². The van der Waals surface area contributed by atoms with Crippen molar-refractivity contribution >= 4 is 37.3 Å². The van der Waals surface area contributed by atoms with Gasteiger partial charge in [-0.25, -0.2) is 0 Å². The zero-order valence-corrected chi connectivity index (χ0v) is 40.0. The molecule has 0 atom stereocenters. The van der Waals surface area contributed by atoms with Crippen LogP contribution in [0.1, 0.15) is 52.6 Å². The smallest absolute Gasteiger partial charge is 0.872 e. The van der Waals surface area contributed by atoms with Crippen molar-refractivity contribution in [2.24, 2.45) is 30.0 Å². The van der Waals surface area contributed by atoms with E-state index < -0.39 is 49.8 Å². The Morgan fingerprint density at radius 1 is 0.343 bits per heavy atom. The molecule has 3 N–H and O–H groups in total. The fourth-order valence-electron chi connectivity index (χ4n) is 4.13. The molecule has 0 saturated carbocycles. The van der Waals surface area contributed by atoms with Gasteiger partial charge in [0.15, 0.2) is 0 Å². The Morgan fingerprint density at radius 3 is 0.552 bits per heavy atom. The second-order valence-corrected chi connectivity index (χ2v) is 10.6. The van der Waals surface area contributed by atoms with Crippen LogP contribution in [0.4, 0.5) is 0 Å². The van der Waals surface area contributed by atoms with Crippen LogP contribution < -0.4 is 30.6 Å². The van der Waals surface area contributed by atoms with E-state index in [0.717, 1.165) is 21.3 Å². The van der Waals surface area contributed by atoms with Crippen molar-refractivity contribution in [3.63, 3.8) is 0 Å². The summed E-state index contributed by atoms with van der Waals surface area (Å²) in [6, 6.07) is 9.05. The van der Waals surface area contributed by atoms with Gasteiger partial charge in [-0.05, 0) is 52.6 Å². The molecule has 3 radical (unpaired) electrons. The fraction of sp³-hybridized carbons (Fsp3) is 0.333. The molecule has 4 aliphatic heterocycles. The van der Waals surface area contributed by atoms with Gasteiger partial charge in [0, 0.05) is 97.9 Å². The summed E-state index contributed by atoms with van der Waals surface area (Å²) >= 11 is 0. The standard InChI is InChI=1S/C33H36N6O6.3CH4O.3Cu.3NO3.Tb/c40-28-22-4-6-24(30(28)42)18-36-12-2-14-38-20-26-8-9-27(33(45)32(26)44)21-39-15-3-13-37-19-25-7-5-23(29(41)31(25)43)17-35-11-1-10-34-16-22;3*1-2;;;;3*2-1(3)4;/h4-9,16-21,40-45H,1-3,10-15H2;3*2H,1H3;;;;;;;/q;;;;3*+2;3*-1;+3/p-6. The van der Waals surface area contributed by atoms with E-state index in [4.69, 9.17) is 61.3 Å². The van der Waals surface area contributed by atoms with Crippen LogP contribution in [0.5, 0.6) is 34.5 Å². The van der Waals surface area contributed by atoms with E-state index in [9.17, 15) is 30.6 Å². The van der Waals surface area contributed by atoms with Crippen molar-refractivity contribution in [1.29, 1.82) is 0 Å². The number of aliphatic hydroxyl groups excluding tert-OH is 3. The van der Waals surface area contributed by atoms with Crippen molar-refractivity contribution in [2.75, 3.05) is 60.6 Å². The van der Waals surface area contributed by atoms with Gasteiger partial charge in [-0.2, -0.15) is 0 Å². The van der Waals surface area contributed by atoms with Gasteiger partial charge < -0.3 is 91.9 Å². The molecular formula is C36H42Cu3N9O18Tb. The largest absolute Gasteiger partial charge is 3.00 e. The molecule has 0 amide bonds. The summed E-state index contributed by atoms with van der Waals surface area (Å²) in [5.74, 6) is -4.08. The van der Waals surface area contributed by atoms with Gasteiger partial charge in [0.25, 0.3) is 0 Å². The molecule has 0 saturated heterocycles. The monoisotopic (exact) mass is 1240 g/mol. The minimum atomic E-state index is -1.75. The van der Waals surface area contributed by atoms with Crippen LogP contribution in [0.3, 0.4) is 0 Å². The Morgan fingerprint density at radius 2 is 0.448 bits per heavy atom. The molecule has 381 valence electrons. The van der Waals surface area contributed by atoms with Crippen LogP contribution in [0.2, 0.25) is 0 Å². The summed E-state index contributed by atoms with van der Waals surface area (Å²) in [5.41, 5.74) is 0.992. The summed E-state index contributed by atoms with van der Waals surface area (Å²) in [7, 11) is 3.00. The SMILES string of the molecule is CO.CO.CO.O=[N+]([O-])[O-].O=[N+]([O-])[O-].O=[N+]([O-])[O-].[Cu+2].[Cu+2].[Cu+2].[O-]c1c2ccc(c1[O-])C=NCCCN=Cc1ccc(c([O-])c1[O-])C=NCCCN=Cc1ccc(c([O-])c1[O-])C=NCCCN=C2.[Tb+3]. The molecule has 0 aliphatic carbocycles. The van der Waals surface area contributed by atoms with Gasteiger partial charge >= 0.3 is 89.8 Å². The molecule has 31 heteroatoms. The maximum absolute atomic E-state index is 12.4. The number of aliphatic hydroxyl groups is 3. The minimum absolute atomic E-state index is 0. The van der Waals surface area contributed by atoms with E-state index in [0.29, 0.717) is 58.5 Å². The van der Waals surface area contributed by atoms with Crippen molar-refractivity contribution in [3.8, 4) is 34.5 Å². The van der Waals surface area contributed by atoms with Gasteiger partial charge in [0.2, 0.25) is 0 Å². The number of aliphatic imine (C=N–C) groups is 6. The van der Waals surface area contributed by atoms with Gasteiger partial charge in [0.1, 0.15) is 0 Å². The van der Waals surface area contributed by atoms with Crippen molar-refractivity contribution in [3.05, 3.63) is 116 Å². The Balaban J connectivity index is -0.000000284. The summed E-state index contributed by atoms with van der Waals surface area (Å²) in [6.07, 6.45) is 9.65. The molecule has 3 aromatic rings. The Hall–Kier alpha value is -5.20. The van der Waals surface area contributed by atoms with Crippen molar-refractivity contribution in [2.45, 2.75) is 19.3 Å². The van der Waals surface area contributed by atoms with E-state index >= 15 is 0 Å². The Labute approximate surface area is 445 Å². The average Bonchev–Trinajstić information content (AvgIpc) is 3.24. The number of benzene rings is 3. The average molecular weight is 1240 g/mol. The third kappa shape index (κ3) is 36.6. The van der Waals surface area contributed by atoms with Crippen LogP contribution in [0.25, 0.3) is 0 Å². The number of hydrogen-bond acceptors (Lipinski definition) is 24. The van der Waals surface area contributed by atoms with Crippen molar-refractivity contribution in [1.82, 2.24) is 0 Å². The number of hydrogen-bond donors (Lipinski definition) is 3. The first-order valence-electron chi connectivity index (χ1n) is 17.4. The van der Waals surface area contributed by atoms with Gasteiger partial charge in [-0.15, -0.1) is 34.5 Å². The second-order valence-electron chi connectivity index (χ2n) is 10.6. The molecule has 67 heavy (non-hydrogen) atoms. The quantitative estimate of drug-likeness (QED) is 0.129. The number of fused-ring (bicyclic) bond motifs is 2. The first-order chi connectivity index (χ1) is 30.1. The van der Waals surface area contributed by atoms with E-state index in [1.54, 1.807) is 0 Å². The molecule has 4 heterocycles. The van der Waals surface area contributed by atoms with E-state index in [2.05, 4.69) is 30.0 Å². The number of nitrogens with zero attached hydrogens (tertiary/aromatic N) is 9. The molecule has 6 bridgehead atoms. The van der Waals surface area contributed by atoms with Crippen molar-refractivity contribution < 1.29 is 151 Å². The van der Waals surface area contributed by atoms with Crippen LogP contribution in [-0.4, -0.2) is 128 Å². The van der Waals surface area contributed by atoms with Gasteiger partial charge in [-0.3, -0.25) is 30.0 Å². The molecule has 0 spiro atoms. The predicted molar refractivity (Wildman–Crippen MR) is 220 cm³/mol. The van der Waals surface area contributed by atoms with Gasteiger partial charge in [-0.1, -0.05) is 36.4 Å². The van der Waals surface area contributed by atoms with E-state index in [1.165, 1.54) is 73.7 Å². The molecular weight excluding hydrogens is 1200 g/mol. The molecule has 27 nitrogen and oxygen atoms in total. The summed E-state index contributed by atoms with van der Waals surface area (Å²) < 4.78 is 0. The van der Waals surface area contributed by atoms with Crippen LogP contribution in [0, 0.1) is 84.6 Å². The molecule has 4 aliphatic rings. The summed E-state index contributed by atoms with van der Waals surface area (Å²) in [4.78, 5) is 49.9. The van der Waals surface area contributed by atoms with Crippen LogP contribution >= 0.6 is 0 Å². The summed E-state index contributed by atoms with van der Waals surface area (Å²) in [6.45, 7) is 2.05. The fourth-order valence-corrected chi connectivity index (χ4v) is 4.13. The number of rotatable bonds is 0. The molecule has 3 aromatic carbocycles. The first-order valence-corrected chi connectivity index (χ1v) is 17.4. The molecule has 0 fully saturated rings. The Bertz CT molecular complexity index is 1670. The topological polar surface area (TPSA) is 472 Å². The minimum Gasteiger partial charge on any atom is -0.872 e. The third-order valence-electron chi connectivity index (χ3n) is 6.62. The first kappa shape index (κ1) is 76.1. The normalized spacial score (nSPS) is 11.6. The summed E-state index contributed by atoms with van der Waals surface area (Å²) in [5, 5.41) is 140. The molecule has 7 rings (SSSR count). The maximum Gasteiger partial charge on any atom is 3.00 e. The Kier molecular flexibility index (Phi) is 55.3. The van der Waals surface area contributed by atoms with E-state index in [1.807, 2.05) is 0 Å². The predicted octanol–water partition coefficient (Wildman–Crippen LogP) is -1.67.